The minimum Gasteiger partial charge on any atom is -0.453 e. The molecule has 0 aromatic rings. The molecule has 0 aliphatic heterocycles. The Morgan fingerprint density at radius 2 is 1.50 bits per heavy atom. The van der Waals surface area contributed by atoms with Gasteiger partial charge in [-0.05, 0) is 0 Å². The Kier molecular flexibility index (Phi) is 4.50. The SMILES string of the molecule is O=C(Cl)OCCC([N+](=O)[O-])([N+](=O)[O-])[N+](=O)[O-]. The lowest BCUT2D eigenvalue weighted by Crippen LogP contribution is -2.53. The number of hydrogen-bond acceptors (Lipinski definition) is 8. The van der Waals surface area contributed by atoms with Crippen LogP contribution in [0.5, 0.6) is 0 Å². The molecule has 0 saturated heterocycles. The number of carbonyl (C=O) groups excluding carboxylic acids is 1. The Morgan fingerprint density at radius 1 is 1.12 bits per heavy atom. The molecule has 0 spiro atoms. The van der Waals surface area contributed by atoms with Crippen molar-refractivity contribution in [3.8, 4) is 0 Å². The van der Waals surface area contributed by atoms with E-state index in [-0.39, 0.29) is 0 Å². The molecule has 0 aliphatic carbocycles. The third-order valence-electron chi connectivity index (χ3n) is 1.53. The van der Waals surface area contributed by atoms with Gasteiger partial charge >= 0.3 is 11.2 Å². The summed E-state index contributed by atoms with van der Waals surface area (Å²) in [4.78, 5) is 36.0. The highest BCUT2D eigenvalue weighted by Gasteiger charge is 2.70. The molecule has 0 rings (SSSR count). The lowest BCUT2D eigenvalue weighted by atomic mass is 10.3. The molecule has 16 heavy (non-hydrogen) atoms. The van der Waals surface area contributed by atoms with E-state index >= 15 is 0 Å². The predicted octanol–water partition coefficient (Wildman–Crippen LogP) is 0.236. The van der Waals surface area contributed by atoms with Crippen molar-refractivity contribution < 1.29 is 24.3 Å². The standard InChI is InChI=1S/C4H4ClN3O8/c5-3(9)16-2-1-4(6(10)11,7(12)13)8(14)15/h1-2H2. The average molecular weight is 258 g/mol. The first-order valence-corrected chi connectivity index (χ1v) is 3.88. The molecule has 0 aromatic carbocycles. The molecular formula is C4H4ClN3O8. The van der Waals surface area contributed by atoms with Crippen LogP contribution in [0.2, 0.25) is 0 Å². The van der Waals surface area contributed by atoms with Crippen LogP contribution in [0, 0.1) is 30.3 Å². The molecule has 0 saturated carbocycles. The Morgan fingerprint density at radius 3 is 1.75 bits per heavy atom. The van der Waals surface area contributed by atoms with Gasteiger partial charge in [0.15, 0.2) is 14.8 Å². The number of halogens is 1. The predicted molar refractivity (Wildman–Crippen MR) is 45.5 cm³/mol. The zero-order chi connectivity index (χ0) is 12.9. The van der Waals surface area contributed by atoms with E-state index in [1.54, 1.807) is 0 Å². The fourth-order valence-corrected chi connectivity index (χ4v) is 0.819. The number of nitrogens with zero attached hydrogens (tertiary/aromatic N) is 3. The maximum Gasteiger partial charge on any atom is 0.703 e. The van der Waals surface area contributed by atoms with Crippen LogP contribution in [0.15, 0.2) is 0 Å². The molecule has 11 nitrogen and oxygen atoms in total. The maximum atomic E-state index is 10.3. The van der Waals surface area contributed by atoms with Crippen LogP contribution in [-0.4, -0.2) is 32.6 Å². The molecule has 0 heterocycles. The summed E-state index contributed by atoms with van der Waals surface area (Å²) in [6, 6.07) is 0. The molecule has 0 fully saturated rings. The van der Waals surface area contributed by atoms with Gasteiger partial charge in [0, 0.05) is 11.6 Å². The molecule has 0 N–H and O–H groups in total. The Balaban J connectivity index is 4.92. The zero-order valence-corrected chi connectivity index (χ0v) is 8.16. The summed E-state index contributed by atoms with van der Waals surface area (Å²) in [7, 11) is 0. The summed E-state index contributed by atoms with van der Waals surface area (Å²) in [5, 5.41) is 31.0. The zero-order valence-electron chi connectivity index (χ0n) is 7.40. The lowest BCUT2D eigenvalue weighted by Gasteiger charge is -2.08. The Hall–Kier alpha value is -2.04. The van der Waals surface area contributed by atoms with Crippen LogP contribution in [0.4, 0.5) is 4.79 Å². The van der Waals surface area contributed by atoms with Crippen LogP contribution in [0.3, 0.4) is 0 Å². The van der Waals surface area contributed by atoms with E-state index in [9.17, 15) is 35.1 Å². The lowest BCUT2D eigenvalue weighted by molar-refractivity contribution is -0.970. The van der Waals surface area contributed by atoms with Gasteiger partial charge in [0.1, 0.15) is 6.61 Å². The monoisotopic (exact) mass is 257 g/mol. The van der Waals surface area contributed by atoms with Gasteiger partial charge in [-0.15, -0.1) is 0 Å². The van der Waals surface area contributed by atoms with E-state index in [1.807, 2.05) is 0 Å². The number of ether oxygens (including phenoxy) is 1. The third-order valence-corrected chi connectivity index (χ3v) is 1.64. The minimum atomic E-state index is -3.63. The first-order chi connectivity index (χ1) is 7.25. The second-order valence-electron chi connectivity index (χ2n) is 2.38. The van der Waals surface area contributed by atoms with E-state index in [0.717, 1.165) is 0 Å². The van der Waals surface area contributed by atoms with E-state index in [0.29, 0.717) is 0 Å². The van der Waals surface area contributed by atoms with Gasteiger partial charge in [-0.1, -0.05) is 0 Å². The van der Waals surface area contributed by atoms with Gasteiger partial charge in [0.05, 0.1) is 0 Å². The second kappa shape index (κ2) is 5.16. The first kappa shape index (κ1) is 14.0. The maximum absolute atomic E-state index is 10.3. The largest absolute Gasteiger partial charge is 0.703 e. The van der Waals surface area contributed by atoms with Crippen molar-refractivity contribution in [3.63, 3.8) is 0 Å². The molecule has 0 aliphatic rings. The molecule has 0 atom stereocenters. The second-order valence-corrected chi connectivity index (χ2v) is 2.69. The van der Waals surface area contributed by atoms with Crippen molar-refractivity contribution in [1.29, 1.82) is 0 Å². The molecule has 12 heteroatoms. The molecule has 90 valence electrons. The van der Waals surface area contributed by atoms with Crippen molar-refractivity contribution in [2.75, 3.05) is 6.61 Å². The van der Waals surface area contributed by atoms with Gasteiger partial charge in [-0.3, -0.25) is 30.3 Å². The first-order valence-electron chi connectivity index (χ1n) is 3.51. The van der Waals surface area contributed by atoms with Gasteiger partial charge in [0.2, 0.25) is 6.42 Å². The van der Waals surface area contributed by atoms with Gasteiger partial charge < -0.3 is 4.74 Å². The smallest absolute Gasteiger partial charge is 0.453 e. The highest BCUT2D eigenvalue weighted by molar-refractivity contribution is 6.61. The molecule has 0 radical (unpaired) electrons. The van der Waals surface area contributed by atoms with Gasteiger partial charge in [-0.25, -0.2) is 4.79 Å². The minimum absolute atomic E-state index is 0.911. The highest BCUT2D eigenvalue weighted by atomic mass is 35.5. The highest BCUT2D eigenvalue weighted by Crippen LogP contribution is 2.17. The topological polar surface area (TPSA) is 156 Å². The van der Waals surface area contributed by atoms with E-state index in [1.165, 1.54) is 0 Å². The van der Waals surface area contributed by atoms with Crippen LogP contribution >= 0.6 is 11.6 Å². The summed E-state index contributed by atoms with van der Waals surface area (Å²) in [5.41, 5.74) is -1.37. The summed E-state index contributed by atoms with van der Waals surface area (Å²) >= 11 is 4.67. The summed E-state index contributed by atoms with van der Waals surface area (Å²) in [5.74, 6) is -3.63. The third kappa shape index (κ3) is 2.73. The number of nitro groups is 3. The van der Waals surface area contributed by atoms with E-state index in [4.69, 9.17) is 0 Å². The van der Waals surface area contributed by atoms with Crippen molar-refractivity contribution >= 4 is 17.0 Å². The Labute approximate surface area is 91.4 Å². The normalized spacial score (nSPS) is 10.6. The van der Waals surface area contributed by atoms with Crippen LogP contribution in [0.1, 0.15) is 6.42 Å². The van der Waals surface area contributed by atoms with E-state index < -0.39 is 39.0 Å². The molecule has 0 aromatic heterocycles. The number of hydrogen-bond donors (Lipinski definition) is 0. The molecule has 0 unspecified atom stereocenters. The van der Waals surface area contributed by atoms with E-state index in [2.05, 4.69) is 16.3 Å². The molecule has 0 bridgehead atoms. The Bertz CT molecular complexity index is 306. The summed E-state index contributed by atoms with van der Waals surface area (Å²) in [6.45, 7) is -0.911. The molecular weight excluding hydrogens is 254 g/mol. The molecule has 0 amide bonds. The van der Waals surface area contributed by atoms with Crippen molar-refractivity contribution in [1.82, 2.24) is 0 Å². The summed E-state index contributed by atoms with van der Waals surface area (Å²) < 4.78 is 3.96. The van der Waals surface area contributed by atoms with Crippen LogP contribution in [0.25, 0.3) is 0 Å². The quantitative estimate of drug-likeness (QED) is 0.283. The summed E-state index contributed by atoms with van der Waals surface area (Å²) in [6.07, 6.45) is -1.22. The van der Waals surface area contributed by atoms with Crippen molar-refractivity contribution in [2.24, 2.45) is 0 Å². The van der Waals surface area contributed by atoms with Gasteiger partial charge in [-0.2, -0.15) is 0 Å². The number of carbonyl (C=O) groups is 1. The average Bonchev–Trinajstić information content (AvgIpc) is 2.09. The van der Waals surface area contributed by atoms with Crippen molar-refractivity contribution in [2.45, 2.75) is 12.2 Å². The fourth-order valence-electron chi connectivity index (χ4n) is 0.742. The van der Waals surface area contributed by atoms with Gasteiger partial charge in [0.25, 0.3) is 0 Å². The van der Waals surface area contributed by atoms with Crippen LogP contribution < -0.4 is 0 Å². The van der Waals surface area contributed by atoms with Crippen LogP contribution in [-0.2, 0) is 4.74 Å². The van der Waals surface area contributed by atoms with Crippen molar-refractivity contribution in [3.05, 3.63) is 30.3 Å². The number of rotatable bonds is 6. The fraction of sp³-hybridized carbons (Fsp3) is 0.750.